The third-order valence-electron chi connectivity index (χ3n) is 2.34. The number of pyridine rings is 1. The molecule has 0 fully saturated rings. The molecular weight excluding hydrogens is 186 g/mol. The van der Waals surface area contributed by atoms with Crippen molar-refractivity contribution < 1.29 is 0 Å². The predicted molar refractivity (Wildman–Crippen MR) is 61.7 cm³/mol. The zero-order valence-corrected chi connectivity index (χ0v) is 9.57. The lowest BCUT2D eigenvalue weighted by Crippen LogP contribution is -2.19. The van der Waals surface area contributed by atoms with E-state index in [1.807, 2.05) is 25.2 Å². The monoisotopic (exact) mass is 203 g/mol. The first kappa shape index (κ1) is 11.5. The van der Waals surface area contributed by atoms with Crippen LogP contribution in [0.15, 0.2) is 18.3 Å². The van der Waals surface area contributed by atoms with Gasteiger partial charge >= 0.3 is 0 Å². The van der Waals surface area contributed by atoms with E-state index >= 15 is 0 Å². The number of nitriles is 1. The zero-order chi connectivity index (χ0) is 11.3. The molecule has 1 rings (SSSR count). The van der Waals surface area contributed by atoms with E-state index in [1.165, 1.54) is 0 Å². The van der Waals surface area contributed by atoms with E-state index < -0.39 is 0 Å². The number of nitrogens with zero attached hydrogens (tertiary/aromatic N) is 3. The van der Waals surface area contributed by atoms with E-state index in [4.69, 9.17) is 5.26 Å². The summed E-state index contributed by atoms with van der Waals surface area (Å²) < 4.78 is 0. The van der Waals surface area contributed by atoms with Gasteiger partial charge in [0.15, 0.2) is 0 Å². The molecule has 0 unspecified atom stereocenters. The van der Waals surface area contributed by atoms with Gasteiger partial charge in [-0.2, -0.15) is 5.26 Å². The van der Waals surface area contributed by atoms with Gasteiger partial charge in [-0.3, -0.25) is 0 Å². The number of hydrogen-bond donors (Lipinski definition) is 0. The van der Waals surface area contributed by atoms with Gasteiger partial charge in [-0.25, -0.2) is 4.98 Å². The van der Waals surface area contributed by atoms with Crippen LogP contribution in [0.2, 0.25) is 0 Å². The number of hydrogen-bond acceptors (Lipinski definition) is 3. The number of anilines is 1. The highest BCUT2D eigenvalue weighted by Gasteiger charge is 2.03. The molecule has 0 N–H and O–H groups in total. The molecule has 0 aliphatic carbocycles. The molecule has 0 spiro atoms. The van der Waals surface area contributed by atoms with Crippen molar-refractivity contribution in [2.75, 3.05) is 18.5 Å². The van der Waals surface area contributed by atoms with Crippen molar-refractivity contribution in [3.63, 3.8) is 0 Å². The Morgan fingerprint density at radius 2 is 2.27 bits per heavy atom. The molecule has 0 aliphatic heterocycles. The van der Waals surface area contributed by atoms with E-state index in [0.717, 1.165) is 18.7 Å². The highest BCUT2D eigenvalue weighted by atomic mass is 15.1. The standard InChI is InChI=1S/C12H17N3/c1-10(2)5-7-15(3)12-4-6-14-11(8-12)9-13/h4,6,8,10H,5,7H2,1-3H3. The first-order chi connectivity index (χ1) is 7.13. The molecular formula is C12H17N3. The lowest BCUT2D eigenvalue weighted by molar-refractivity contribution is 0.585. The van der Waals surface area contributed by atoms with Crippen molar-refractivity contribution in [1.82, 2.24) is 4.98 Å². The largest absolute Gasteiger partial charge is 0.374 e. The minimum atomic E-state index is 0.476. The van der Waals surface area contributed by atoms with Gasteiger partial charge in [0.1, 0.15) is 11.8 Å². The van der Waals surface area contributed by atoms with Crippen molar-refractivity contribution in [2.24, 2.45) is 5.92 Å². The molecule has 0 saturated carbocycles. The van der Waals surface area contributed by atoms with Crippen LogP contribution < -0.4 is 4.90 Å². The first-order valence-corrected chi connectivity index (χ1v) is 5.20. The molecule has 0 aromatic carbocycles. The van der Waals surface area contributed by atoms with Gasteiger partial charge in [0, 0.05) is 25.5 Å². The first-order valence-electron chi connectivity index (χ1n) is 5.20. The summed E-state index contributed by atoms with van der Waals surface area (Å²) in [5.74, 6) is 0.699. The molecule has 0 atom stereocenters. The van der Waals surface area contributed by atoms with Crippen LogP contribution in [-0.2, 0) is 0 Å². The number of aromatic nitrogens is 1. The third kappa shape index (κ3) is 3.59. The van der Waals surface area contributed by atoms with Gasteiger partial charge < -0.3 is 4.90 Å². The molecule has 1 heterocycles. The van der Waals surface area contributed by atoms with Gasteiger partial charge in [0.25, 0.3) is 0 Å². The SMILES string of the molecule is CC(C)CCN(C)c1ccnc(C#N)c1. The Morgan fingerprint density at radius 3 is 2.87 bits per heavy atom. The topological polar surface area (TPSA) is 39.9 Å². The van der Waals surface area contributed by atoms with E-state index in [-0.39, 0.29) is 0 Å². The van der Waals surface area contributed by atoms with Gasteiger partial charge in [-0.1, -0.05) is 13.8 Å². The van der Waals surface area contributed by atoms with Crippen LogP contribution in [0.3, 0.4) is 0 Å². The fourth-order valence-corrected chi connectivity index (χ4v) is 1.30. The van der Waals surface area contributed by atoms with Crippen LogP contribution >= 0.6 is 0 Å². The summed E-state index contributed by atoms with van der Waals surface area (Å²) in [6.07, 6.45) is 2.83. The predicted octanol–water partition coefficient (Wildman–Crippen LogP) is 2.44. The molecule has 0 bridgehead atoms. The lowest BCUT2D eigenvalue weighted by atomic mass is 10.1. The van der Waals surface area contributed by atoms with E-state index in [2.05, 4.69) is 23.7 Å². The molecule has 80 valence electrons. The van der Waals surface area contributed by atoms with Crippen molar-refractivity contribution >= 4 is 5.69 Å². The second kappa shape index (κ2) is 5.35. The van der Waals surface area contributed by atoms with Crippen molar-refractivity contribution in [3.05, 3.63) is 24.0 Å². The Labute approximate surface area is 91.4 Å². The van der Waals surface area contributed by atoms with Crippen LogP contribution in [-0.4, -0.2) is 18.6 Å². The molecule has 0 saturated heterocycles. The summed E-state index contributed by atoms with van der Waals surface area (Å²) in [4.78, 5) is 6.10. The Morgan fingerprint density at radius 1 is 1.53 bits per heavy atom. The quantitative estimate of drug-likeness (QED) is 0.754. The second-order valence-electron chi connectivity index (χ2n) is 4.12. The van der Waals surface area contributed by atoms with Crippen LogP contribution in [0.25, 0.3) is 0 Å². The second-order valence-corrected chi connectivity index (χ2v) is 4.12. The molecule has 0 aliphatic rings. The Kier molecular flexibility index (Phi) is 4.11. The normalized spacial score (nSPS) is 10.1. The minimum Gasteiger partial charge on any atom is -0.374 e. The number of rotatable bonds is 4. The van der Waals surface area contributed by atoms with Gasteiger partial charge in [-0.15, -0.1) is 0 Å². The Bertz CT molecular complexity index is 352. The third-order valence-corrected chi connectivity index (χ3v) is 2.34. The highest BCUT2D eigenvalue weighted by Crippen LogP contribution is 2.13. The lowest BCUT2D eigenvalue weighted by Gasteiger charge is -2.20. The fourth-order valence-electron chi connectivity index (χ4n) is 1.30. The van der Waals surface area contributed by atoms with Crippen molar-refractivity contribution in [3.8, 4) is 6.07 Å². The van der Waals surface area contributed by atoms with Gasteiger partial charge in [0.2, 0.25) is 0 Å². The molecule has 1 aromatic rings. The van der Waals surface area contributed by atoms with Crippen molar-refractivity contribution in [2.45, 2.75) is 20.3 Å². The van der Waals surface area contributed by atoms with Gasteiger partial charge in [0.05, 0.1) is 0 Å². The van der Waals surface area contributed by atoms with Crippen molar-refractivity contribution in [1.29, 1.82) is 5.26 Å². The van der Waals surface area contributed by atoms with Crippen LogP contribution in [0.1, 0.15) is 26.0 Å². The molecule has 1 aromatic heterocycles. The summed E-state index contributed by atoms with van der Waals surface area (Å²) in [5, 5.41) is 8.73. The summed E-state index contributed by atoms with van der Waals surface area (Å²) in [7, 11) is 2.04. The summed E-state index contributed by atoms with van der Waals surface area (Å²) in [6.45, 7) is 5.43. The Balaban J connectivity index is 2.65. The maximum atomic E-state index is 8.73. The summed E-state index contributed by atoms with van der Waals surface area (Å²) in [5.41, 5.74) is 1.53. The smallest absolute Gasteiger partial charge is 0.142 e. The van der Waals surface area contributed by atoms with E-state index in [1.54, 1.807) is 6.20 Å². The zero-order valence-electron chi connectivity index (χ0n) is 9.57. The van der Waals surface area contributed by atoms with E-state index in [9.17, 15) is 0 Å². The average Bonchev–Trinajstić information content (AvgIpc) is 2.26. The molecule has 3 heteroatoms. The Hall–Kier alpha value is -1.56. The average molecular weight is 203 g/mol. The molecule has 0 amide bonds. The van der Waals surface area contributed by atoms with Gasteiger partial charge in [-0.05, 0) is 24.5 Å². The van der Waals surface area contributed by atoms with Crippen LogP contribution in [0, 0.1) is 17.2 Å². The maximum absolute atomic E-state index is 8.73. The minimum absolute atomic E-state index is 0.476. The van der Waals surface area contributed by atoms with Crippen LogP contribution in [0.5, 0.6) is 0 Å². The van der Waals surface area contributed by atoms with Crippen LogP contribution in [0.4, 0.5) is 5.69 Å². The summed E-state index contributed by atoms with van der Waals surface area (Å²) >= 11 is 0. The molecule has 0 radical (unpaired) electrons. The summed E-state index contributed by atoms with van der Waals surface area (Å²) in [6, 6.07) is 5.80. The highest BCUT2D eigenvalue weighted by molar-refractivity contribution is 5.47. The molecule has 15 heavy (non-hydrogen) atoms. The van der Waals surface area contributed by atoms with E-state index in [0.29, 0.717) is 11.6 Å². The maximum Gasteiger partial charge on any atom is 0.142 e. The molecule has 3 nitrogen and oxygen atoms in total. The fraction of sp³-hybridized carbons (Fsp3) is 0.500.